The van der Waals surface area contributed by atoms with E-state index in [1.807, 2.05) is 6.92 Å². The fourth-order valence-corrected chi connectivity index (χ4v) is 3.89. The topological polar surface area (TPSA) is 76.2 Å². The normalized spacial score (nSPS) is 19.2. The zero-order valence-corrected chi connectivity index (χ0v) is 12.7. The first-order valence-electron chi connectivity index (χ1n) is 7.24. The summed E-state index contributed by atoms with van der Waals surface area (Å²) in [5.41, 5.74) is 1.32. The number of fused-ring (bicyclic) bond motifs is 1. The van der Waals surface area contributed by atoms with Crippen molar-refractivity contribution in [3.8, 4) is 0 Å². The molecule has 2 aromatic rings. The molecule has 0 bridgehead atoms. The molecule has 5 nitrogen and oxygen atoms in total. The third kappa shape index (κ3) is 3.15. The van der Waals surface area contributed by atoms with Gasteiger partial charge in [0.25, 0.3) is 0 Å². The van der Waals surface area contributed by atoms with Gasteiger partial charge < -0.3 is 9.52 Å². The van der Waals surface area contributed by atoms with Crippen LogP contribution in [0.2, 0.25) is 0 Å². The van der Waals surface area contributed by atoms with Gasteiger partial charge in [-0.25, -0.2) is 0 Å². The summed E-state index contributed by atoms with van der Waals surface area (Å²) >= 11 is 1.79. The molecule has 21 heavy (non-hydrogen) atoms. The van der Waals surface area contributed by atoms with Crippen molar-refractivity contribution >= 4 is 17.3 Å². The second kappa shape index (κ2) is 5.97. The van der Waals surface area contributed by atoms with E-state index in [2.05, 4.69) is 21.6 Å². The molecule has 1 aliphatic rings. The Bertz CT molecular complexity index is 634. The number of carbonyl (C=O) groups is 1. The predicted octanol–water partition coefficient (Wildman–Crippen LogP) is 3.25. The van der Waals surface area contributed by atoms with Gasteiger partial charge in [0.1, 0.15) is 0 Å². The molecule has 2 unspecified atom stereocenters. The number of carboxylic acid groups (broad SMARTS) is 1. The fourth-order valence-electron chi connectivity index (χ4n) is 2.90. The number of rotatable bonds is 5. The number of thiophene rings is 1. The van der Waals surface area contributed by atoms with Crippen molar-refractivity contribution in [2.75, 3.05) is 0 Å². The van der Waals surface area contributed by atoms with Crippen molar-refractivity contribution in [1.82, 2.24) is 10.2 Å². The van der Waals surface area contributed by atoms with Crippen LogP contribution in [0, 0.1) is 5.92 Å². The standard InChI is InChI=1S/C15H18N2O3S/c1-9(8-14(18)19)7-13-16-17-15(20-13)11-3-2-4-12-10(11)5-6-21-12/h5-6,9,11H,2-4,7-8H2,1H3,(H,18,19). The van der Waals surface area contributed by atoms with E-state index in [0.717, 1.165) is 19.3 Å². The maximum Gasteiger partial charge on any atom is 0.303 e. The molecule has 112 valence electrons. The molecule has 3 rings (SSSR count). The number of hydrogen-bond acceptors (Lipinski definition) is 5. The van der Waals surface area contributed by atoms with Gasteiger partial charge >= 0.3 is 5.97 Å². The monoisotopic (exact) mass is 306 g/mol. The van der Waals surface area contributed by atoms with E-state index < -0.39 is 5.97 Å². The van der Waals surface area contributed by atoms with Crippen LogP contribution in [0.5, 0.6) is 0 Å². The van der Waals surface area contributed by atoms with Crippen LogP contribution in [0.4, 0.5) is 0 Å². The summed E-state index contributed by atoms with van der Waals surface area (Å²) < 4.78 is 5.79. The van der Waals surface area contributed by atoms with Crippen molar-refractivity contribution in [2.45, 2.75) is 44.9 Å². The highest BCUT2D eigenvalue weighted by molar-refractivity contribution is 7.10. The minimum absolute atomic E-state index is 0.00105. The van der Waals surface area contributed by atoms with E-state index in [0.29, 0.717) is 18.2 Å². The number of aliphatic carboxylic acids is 1. The maximum absolute atomic E-state index is 10.7. The van der Waals surface area contributed by atoms with Crippen LogP contribution in [-0.2, 0) is 17.6 Å². The number of nitrogens with zero attached hydrogens (tertiary/aromatic N) is 2. The largest absolute Gasteiger partial charge is 0.481 e. The Morgan fingerprint density at radius 1 is 1.57 bits per heavy atom. The lowest BCUT2D eigenvalue weighted by molar-refractivity contribution is -0.137. The molecule has 0 amide bonds. The Kier molecular flexibility index (Phi) is 4.05. The highest BCUT2D eigenvalue weighted by Crippen LogP contribution is 2.38. The lowest BCUT2D eigenvalue weighted by atomic mass is 9.88. The zero-order chi connectivity index (χ0) is 14.8. The summed E-state index contributed by atoms with van der Waals surface area (Å²) in [5, 5.41) is 19.2. The van der Waals surface area contributed by atoms with E-state index in [9.17, 15) is 4.79 Å². The first kappa shape index (κ1) is 14.3. The summed E-state index contributed by atoms with van der Waals surface area (Å²) in [5.74, 6) is 0.625. The van der Waals surface area contributed by atoms with E-state index in [4.69, 9.17) is 9.52 Å². The quantitative estimate of drug-likeness (QED) is 0.917. The van der Waals surface area contributed by atoms with E-state index >= 15 is 0 Å². The molecule has 6 heteroatoms. The average Bonchev–Trinajstić information content (AvgIpc) is 3.05. The number of aryl methyl sites for hydroxylation is 1. The second-order valence-electron chi connectivity index (χ2n) is 5.69. The molecule has 0 saturated carbocycles. The second-order valence-corrected chi connectivity index (χ2v) is 6.69. The SMILES string of the molecule is CC(CC(=O)O)Cc1nnc(C2CCCc3sccc32)o1. The smallest absolute Gasteiger partial charge is 0.303 e. The van der Waals surface area contributed by atoms with Crippen molar-refractivity contribution in [3.63, 3.8) is 0 Å². The summed E-state index contributed by atoms with van der Waals surface area (Å²) in [6, 6.07) is 2.15. The predicted molar refractivity (Wildman–Crippen MR) is 78.5 cm³/mol. The zero-order valence-electron chi connectivity index (χ0n) is 11.9. The molecule has 1 N–H and O–H groups in total. The third-order valence-corrected chi connectivity index (χ3v) is 4.88. The average molecular weight is 306 g/mol. The molecule has 2 heterocycles. The van der Waals surface area contributed by atoms with Crippen molar-refractivity contribution < 1.29 is 14.3 Å². The molecule has 0 radical (unpaired) electrons. The first-order chi connectivity index (χ1) is 10.1. The van der Waals surface area contributed by atoms with Crippen LogP contribution in [0.1, 0.15) is 54.3 Å². The van der Waals surface area contributed by atoms with Gasteiger partial charge in [0.15, 0.2) is 0 Å². The highest BCUT2D eigenvalue weighted by Gasteiger charge is 2.27. The molecule has 0 aliphatic heterocycles. The summed E-state index contributed by atoms with van der Waals surface area (Å²) in [6.07, 6.45) is 3.96. The highest BCUT2D eigenvalue weighted by atomic mass is 32.1. The molecule has 0 spiro atoms. The van der Waals surface area contributed by atoms with Crippen LogP contribution < -0.4 is 0 Å². The van der Waals surface area contributed by atoms with Crippen molar-refractivity contribution in [3.05, 3.63) is 33.7 Å². The van der Waals surface area contributed by atoms with E-state index in [1.54, 1.807) is 11.3 Å². The summed E-state index contributed by atoms with van der Waals surface area (Å²) in [6.45, 7) is 1.88. The van der Waals surface area contributed by atoms with Crippen LogP contribution in [0.3, 0.4) is 0 Å². The van der Waals surface area contributed by atoms with Gasteiger partial charge in [-0.15, -0.1) is 21.5 Å². The molecule has 2 atom stereocenters. The van der Waals surface area contributed by atoms with Gasteiger partial charge in [0.2, 0.25) is 11.8 Å². The minimum atomic E-state index is -0.794. The van der Waals surface area contributed by atoms with Gasteiger partial charge in [-0.3, -0.25) is 4.79 Å². The Morgan fingerprint density at radius 2 is 2.43 bits per heavy atom. The van der Waals surface area contributed by atoms with Gasteiger partial charge in [0, 0.05) is 17.7 Å². The first-order valence-corrected chi connectivity index (χ1v) is 8.11. The van der Waals surface area contributed by atoms with Crippen LogP contribution in [0.25, 0.3) is 0 Å². The summed E-state index contributed by atoms with van der Waals surface area (Å²) in [4.78, 5) is 12.1. The number of carboxylic acids is 1. The maximum atomic E-state index is 10.7. The molecule has 2 aromatic heterocycles. The molecule has 0 fully saturated rings. The van der Waals surface area contributed by atoms with Crippen LogP contribution in [-0.4, -0.2) is 21.3 Å². The summed E-state index contributed by atoms with van der Waals surface area (Å²) in [7, 11) is 0. The third-order valence-electron chi connectivity index (χ3n) is 3.88. The Morgan fingerprint density at radius 3 is 3.24 bits per heavy atom. The van der Waals surface area contributed by atoms with Gasteiger partial charge in [-0.1, -0.05) is 6.92 Å². The molecule has 0 saturated heterocycles. The van der Waals surface area contributed by atoms with E-state index in [-0.39, 0.29) is 18.3 Å². The Hall–Kier alpha value is -1.69. The van der Waals surface area contributed by atoms with Crippen molar-refractivity contribution in [1.29, 1.82) is 0 Å². The van der Waals surface area contributed by atoms with Crippen LogP contribution in [0.15, 0.2) is 15.9 Å². The van der Waals surface area contributed by atoms with Crippen LogP contribution >= 0.6 is 11.3 Å². The van der Waals surface area contributed by atoms with Gasteiger partial charge in [0.05, 0.1) is 5.92 Å². The lowest BCUT2D eigenvalue weighted by Crippen LogP contribution is -2.08. The Labute approximate surface area is 127 Å². The molecule has 1 aliphatic carbocycles. The lowest BCUT2D eigenvalue weighted by Gasteiger charge is -2.19. The van der Waals surface area contributed by atoms with Crippen molar-refractivity contribution in [2.24, 2.45) is 5.92 Å². The van der Waals surface area contributed by atoms with E-state index in [1.165, 1.54) is 10.4 Å². The number of aromatic nitrogens is 2. The van der Waals surface area contributed by atoms with Gasteiger partial charge in [-0.05, 0) is 42.2 Å². The molecular formula is C15H18N2O3S. The molecular weight excluding hydrogens is 288 g/mol. The Balaban J connectivity index is 1.73. The molecule has 0 aromatic carbocycles. The van der Waals surface area contributed by atoms with Gasteiger partial charge in [-0.2, -0.15) is 0 Å². The number of hydrogen-bond donors (Lipinski definition) is 1. The minimum Gasteiger partial charge on any atom is -0.481 e. The fraction of sp³-hybridized carbons (Fsp3) is 0.533.